The molecule has 132 valence electrons. The van der Waals surface area contributed by atoms with Crippen LogP contribution in [0.4, 0.5) is 0 Å². The molecule has 2 fully saturated rings. The molecule has 0 N–H and O–H groups in total. The summed E-state index contributed by atoms with van der Waals surface area (Å²) in [6, 6.07) is 15.2. The summed E-state index contributed by atoms with van der Waals surface area (Å²) in [5.74, 6) is 0. The number of pyridine rings is 1. The Labute approximate surface area is 151 Å². The van der Waals surface area contributed by atoms with Crippen LogP contribution < -0.4 is 0 Å². The van der Waals surface area contributed by atoms with Crippen molar-refractivity contribution < 1.29 is 0 Å². The fourth-order valence-electron chi connectivity index (χ4n) is 4.64. The number of piperidine rings is 1. The van der Waals surface area contributed by atoms with Gasteiger partial charge in [0, 0.05) is 31.0 Å². The molecule has 0 radical (unpaired) electrons. The first kappa shape index (κ1) is 16.7. The number of nitrogens with zero attached hydrogens (tertiary/aromatic N) is 3. The highest BCUT2D eigenvalue weighted by Crippen LogP contribution is 2.39. The molecule has 2 aliphatic heterocycles. The molecule has 1 aromatic heterocycles. The molecule has 1 aromatic carbocycles. The number of likely N-dealkylation sites (tertiary alicyclic amines) is 2. The van der Waals surface area contributed by atoms with Crippen LogP contribution >= 0.6 is 0 Å². The SMILES string of the molecule is c1ccc(CCN2CCC3(CCCN3Cc3cccnc3)CC2)cc1. The predicted octanol–water partition coefficient (Wildman–Crippen LogP) is 3.75. The van der Waals surface area contributed by atoms with Gasteiger partial charge in [-0.05, 0) is 68.9 Å². The average molecular weight is 335 g/mol. The molecule has 0 bridgehead atoms. The lowest BCUT2D eigenvalue weighted by Gasteiger charge is -2.45. The van der Waals surface area contributed by atoms with Crippen molar-refractivity contribution >= 4 is 0 Å². The Balaban J connectivity index is 1.32. The normalized spacial score (nSPS) is 21.0. The zero-order chi connectivity index (χ0) is 17.0. The van der Waals surface area contributed by atoms with Crippen molar-refractivity contribution in [2.75, 3.05) is 26.2 Å². The molecular formula is C22H29N3. The van der Waals surface area contributed by atoms with Crippen LogP contribution in [0, 0.1) is 0 Å². The standard InChI is InChI=1S/C22H29N3/c1-2-6-20(7-3-1)9-15-24-16-11-22(12-17-24)10-5-14-25(22)19-21-8-4-13-23-18-21/h1-4,6-8,13,18H,5,9-12,14-17,19H2. The lowest BCUT2D eigenvalue weighted by Crippen LogP contribution is -2.52. The summed E-state index contributed by atoms with van der Waals surface area (Å²) in [7, 11) is 0. The van der Waals surface area contributed by atoms with Crippen LogP contribution in [0.25, 0.3) is 0 Å². The van der Waals surface area contributed by atoms with Crippen molar-refractivity contribution in [2.45, 2.75) is 44.2 Å². The second-order valence-electron chi connectivity index (χ2n) is 7.69. The van der Waals surface area contributed by atoms with E-state index in [4.69, 9.17) is 0 Å². The summed E-state index contributed by atoms with van der Waals surface area (Å²) >= 11 is 0. The largest absolute Gasteiger partial charge is 0.303 e. The number of rotatable bonds is 5. The van der Waals surface area contributed by atoms with Crippen molar-refractivity contribution in [1.82, 2.24) is 14.8 Å². The maximum absolute atomic E-state index is 4.29. The summed E-state index contributed by atoms with van der Waals surface area (Å²) in [5, 5.41) is 0. The van der Waals surface area contributed by atoms with Gasteiger partial charge in [0.2, 0.25) is 0 Å². The van der Waals surface area contributed by atoms with Crippen molar-refractivity contribution in [3.8, 4) is 0 Å². The van der Waals surface area contributed by atoms with E-state index in [1.165, 1.54) is 69.4 Å². The van der Waals surface area contributed by atoms with Gasteiger partial charge in [-0.15, -0.1) is 0 Å². The molecule has 0 atom stereocenters. The highest BCUT2D eigenvalue weighted by Gasteiger charge is 2.42. The van der Waals surface area contributed by atoms with Crippen LogP contribution in [0.5, 0.6) is 0 Å². The van der Waals surface area contributed by atoms with E-state index in [-0.39, 0.29) is 0 Å². The van der Waals surface area contributed by atoms with Gasteiger partial charge in [0.25, 0.3) is 0 Å². The maximum Gasteiger partial charge on any atom is 0.0312 e. The van der Waals surface area contributed by atoms with Crippen LogP contribution in [-0.2, 0) is 13.0 Å². The van der Waals surface area contributed by atoms with E-state index >= 15 is 0 Å². The smallest absolute Gasteiger partial charge is 0.0312 e. The van der Waals surface area contributed by atoms with Crippen molar-refractivity contribution in [1.29, 1.82) is 0 Å². The monoisotopic (exact) mass is 335 g/mol. The first-order valence-electron chi connectivity index (χ1n) is 9.74. The molecule has 0 aliphatic carbocycles. The summed E-state index contributed by atoms with van der Waals surface area (Å²) in [6.07, 6.45) is 10.4. The van der Waals surface area contributed by atoms with Crippen molar-refractivity contribution in [3.63, 3.8) is 0 Å². The molecule has 3 heteroatoms. The molecule has 2 aromatic rings. The third-order valence-corrected chi connectivity index (χ3v) is 6.18. The summed E-state index contributed by atoms with van der Waals surface area (Å²) < 4.78 is 0. The Hall–Kier alpha value is -1.71. The fourth-order valence-corrected chi connectivity index (χ4v) is 4.64. The summed E-state index contributed by atoms with van der Waals surface area (Å²) in [4.78, 5) is 9.70. The van der Waals surface area contributed by atoms with Gasteiger partial charge in [-0.1, -0.05) is 36.4 Å². The third-order valence-electron chi connectivity index (χ3n) is 6.18. The zero-order valence-corrected chi connectivity index (χ0v) is 15.1. The second-order valence-corrected chi connectivity index (χ2v) is 7.69. The Kier molecular flexibility index (Phi) is 5.14. The summed E-state index contributed by atoms with van der Waals surface area (Å²) in [6.45, 7) is 6.01. The third kappa shape index (κ3) is 3.94. The van der Waals surface area contributed by atoms with Crippen LogP contribution in [0.3, 0.4) is 0 Å². The highest BCUT2D eigenvalue weighted by atomic mass is 15.3. The van der Waals surface area contributed by atoms with Crippen LogP contribution in [0.15, 0.2) is 54.9 Å². The Morgan fingerprint density at radius 2 is 1.68 bits per heavy atom. The molecule has 0 saturated carbocycles. The molecule has 4 rings (SSSR count). The topological polar surface area (TPSA) is 19.4 Å². The van der Waals surface area contributed by atoms with Gasteiger partial charge in [0.05, 0.1) is 0 Å². The van der Waals surface area contributed by atoms with Gasteiger partial charge in [0.15, 0.2) is 0 Å². The van der Waals surface area contributed by atoms with Gasteiger partial charge < -0.3 is 4.90 Å². The van der Waals surface area contributed by atoms with Gasteiger partial charge in [-0.3, -0.25) is 9.88 Å². The maximum atomic E-state index is 4.29. The molecule has 25 heavy (non-hydrogen) atoms. The Bertz CT molecular complexity index is 647. The molecule has 2 aliphatic rings. The predicted molar refractivity (Wildman–Crippen MR) is 102 cm³/mol. The fraction of sp³-hybridized carbons (Fsp3) is 0.500. The minimum atomic E-state index is 0.444. The Morgan fingerprint density at radius 1 is 0.880 bits per heavy atom. The molecule has 1 spiro atoms. The van der Waals surface area contributed by atoms with Gasteiger partial charge in [-0.2, -0.15) is 0 Å². The van der Waals surface area contributed by atoms with Crippen LogP contribution in [0.2, 0.25) is 0 Å². The van der Waals surface area contributed by atoms with Gasteiger partial charge >= 0.3 is 0 Å². The first-order valence-corrected chi connectivity index (χ1v) is 9.74. The molecule has 3 heterocycles. The molecule has 3 nitrogen and oxygen atoms in total. The molecular weight excluding hydrogens is 306 g/mol. The van der Waals surface area contributed by atoms with E-state index in [0.717, 1.165) is 6.54 Å². The number of benzene rings is 1. The molecule has 2 saturated heterocycles. The zero-order valence-electron chi connectivity index (χ0n) is 15.1. The molecule has 0 unspecified atom stereocenters. The van der Waals surface area contributed by atoms with Gasteiger partial charge in [0.1, 0.15) is 0 Å². The van der Waals surface area contributed by atoms with Crippen molar-refractivity contribution in [3.05, 3.63) is 66.0 Å². The second kappa shape index (κ2) is 7.67. The number of hydrogen-bond donors (Lipinski definition) is 0. The van der Waals surface area contributed by atoms with Crippen LogP contribution in [-0.4, -0.2) is 46.5 Å². The molecule has 0 amide bonds. The minimum Gasteiger partial charge on any atom is -0.303 e. The first-order chi connectivity index (χ1) is 12.3. The number of hydrogen-bond acceptors (Lipinski definition) is 3. The van der Waals surface area contributed by atoms with Gasteiger partial charge in [-0.25, -0.2) is 0 Å². The van der Waals surface area contributed by atoms with Crippen LogP contribution in [0.1, 0.15) is 36.8 Å². The van der Waals surface area contributed by atoms with E-state index in [9.17, 15) is 0 Å². The van der Waals surface area contributed by atoms with Crippen molar-refractivity contribution in [2.24, 2.45) is 0 Å². The van der Waals surface area contributed by atoms with E-state index < -0.39 is 0 Å². The highest BCUT2D eigenvalue weighted by molar-refractivity contribution is 5.15. The minimum absolute atomic E-state index is 0.444. The lowest BCUT2D eigenvalue weighted by molar-refractivity contribution is 0.0481. The lowest BCUT2D eigenvalue weighted by atomic mass is 9.84. The average Bonchev–Trinajstić information content (AvgIpc) is 3.05. The summed E-state index contributed by atoms with van der Waals surface area (Å²) in [5.41, 5.74) is 3.26. The van der Waals surface area contributed by atoms with E-state index in [0.29, 0.717) is 5.54 Å². The van der Waals surface area contributed by atoms with E-state index in [1.807, 2.05) is 12.4 Å². The van der Waals surface area contributed by atoms with E-state index in [1.54, 1.807) is 0 Å². The Morgan fingerprint density at radius 3 is 2.44 bits per heavy atom. The quantitative estimate of drug-likeness (QED) is 0.829. The van der Waals surface area contributed by atoms with E-state index in [2.05, 4.69) is 57.2 Å². The number of aromatic nitrogens is 1.